The highest BCUT2D eigenvalue weighted by molar-refractivity contribution is 5.80. The van der Waals surface area contributed by atoms with Gasteiger partial charge in [0, 0.05) is 39.6 Å². The number of nitrogens with two attached hydrogens (primary N) is 1. The third kappa shape index (κ3) is 5.48. The molecule has 2 saturated heterocycles. The van der Waals surface area contributed by atoms with Crippen molar-refractivity contribution in [3.8, 4) is 0 Å². The average Bonchev–Trinajstić information content (AvgIpc) is 2.52. The third-order valence-corrected chi connectivity index (χ3v) is 4.68. The number of carbonyl (C=O) groups is 1. The van der Waals surface area contributed by atoms with Crippen molar-refractivity contribution in [3.63, 3.8) is 0 Å². The summed E-state index contributed by atoms with van der Waals surface area (Å²) in [5.74, 6) is 1.14. The van der Waals surface area contributed by atoms with Crippen LogP contribution in [0.25, 0.3) is 0 Å². The normalized spacial score (nSPS) is 24.3. The molecule has 0 radical (unpaired) electrons. The SMILES string of the molecule is CN=C(NCCN1CCCCC1)N1CCCC(CC(N)=O)C1. The van der Waals surface area contributed by atoms with E-state index >= 15 is 0 Å². The first kappa shape index (κ1) is 17.1. The van der Waals surface area contributed by atoms with Crippen molar-refractivity contribution in [1.82, 2.24) is 15.1 Å². The van der Waals surface area contributed by atoms with Crippen LogP contribution in [0.5, 0.6) is 0 Å². The van der Waals surface area contributed by atoms with Crippen LogP contribution in [0, 0.1) is 5.92 Å². The molecular weight excluding hydrogens is 278 g/mol. The molecule has 0 spiro atoms. The van der Waals surface area contributed by atoms with E-state index < -0.39 is 0 Å². The van der Waals surface area contributed by atoms with Crippen LogP contribution >= 0.6 is 0 Å². The quantitative estimate of drug-likeness (QED) is 0.577. The summed E-state index contributed by atoms with van der Waals surface area (Å²) in [4.78, 5) is 20.3. The van der Waals surface area contributed by atoms with E-state index in [-0.39, 0.29) is 5.91 Å². The minimum atomic E-state index is -0.195. The van der Waals surface area contributed by atoms with Crippen molar-refractivity contribution < 1.29 is 4.79 Å². The van der Waals surface area contributed by atoms with Crippen LogP contribution in [-0.2, 0) is 4.79 Å². The predicted octanol–water partition coefficient (Wildman–Crippen LogP) is 0.635. The Balaban J connectivity index is 1.74. The van der Waals surface area contributed by atoms with Gasteiger partial charge >= 0.3 is 0 Å². The number of guanidine groups is 1. The van der Waals surface area contributed by atoms with E-state index in [0.29, 0.717) is 12.3 Å². The minimum absolute atomic E-state index is 0.195. The van der Waals surface area contributed by atoms with Crippen LogP contribution in [-0.4, -0.2) is 68.0 Å². The van der Waals surface area contributed by atoms with Gasteiger partial charge in [0.25, 0.3) is 0 Å². The standard InChI is InChI=1S/C16H31N5O/c1-18-16(19-7-11-20-8-3-2-4-9-20)21-10-5-6-14(13-21)12-15(17)22/h14H,2-13H2,1H3,(H2,17,22)(H,18,19). The molecule has 0 aromatic carbocycles. The Morgan fingerprint density at radius 3 is 2.68 bits per heavy atom. The summed E-state index contributed by atoms with van der Waals surface area (Å²) in [7, 11) is 1.83. The molecule has 0 aliphatic carbocycles. The topological polar surface area (TPSA) is 74.0 Å². The lowest BCUT2D eigenvalue weighted by molar-refractivity contribution is -0.119. The summed E-state index contributed by atoms with van der Waals surface area (Å²) < 4.78 is 0. The Labute approximate surface area is 134 Å². The number of primary amides is 1. The lowest BCUT2D eigenvalue weighted by Crippen LogP contribution is -2.48. The molecule has 0 saturated carbocycles. The van der Waals surface area contributed by atoms with Gasteiger partial charge in [0.05, 0.1) is 0 Å². The van der Waals surface area contributed by atoms with Gasteiger partial charge in [-0.25, -0.2) is 0 Å². The number of nitrogens with zero attached hydrogens (tertiary/aromatic N) is 3. The van der Waals surface area contributed by atoms with Crippen molar-refractivity contribution in [2.75, 3.05) is 46.3 Å². The van der Waals surface area contributed by atoms with E-state index in [0.717, 1.165) is 45.0 Å². The molecule has 0 bridgehead atoms. The van der Waals surface area contributed by atoms with Crippen molar-refractivity contribution in [3.05, 3.63) is 0 Å². The average molecular weight is 309 g/mol. The molecule has 3 N–H and O–H groups in total. The molecule has 6 heteroatoms. The summed E-state index contributed by atoms with van der Waals surface area (Å²) in [5, 5.41) is 3.48. The summed E-state index contributed by atoms with van der Waals surface area (Å²) in [6.07, 6.45) is 6.71. The zero-order chi connectivity index (χ0) is 15.8. The molecule has 2 aliphatic rings. The largest absolute Gasteiger partial charge is 0.370 e. The Bertz CT molecular complexity index is 379. The van der Waals surface area contributed by atoms with Crippen molar-refractivity contribution in [2.45, 2.75) is 38.5 Å². The molecule has 22 heavy (non-hydrogen) atoms. The van der Waals surface area contributed by atoms with Crippen LogP contribution < -0.4 is 11.1 Å². The van der Waals surface area contributed by atoms with E-state index in [9.17, 15) is 4.79 Å². The van der Waals surface area contributed by atoms with Gasteiger partial charge in [-0.3, -0.25) is 9.79 Å². The number of hydrogen-bond acceptors (Lipinski definition) is 3. The minimum Gasteiger partial charge on any atom is -0.370 e. The van der Waals surface area contributed by atoms with Gasteiger partial charge in [0.15, 0.2) is 5.96 Å². The molecule has 1 amide bonds. The molecule has 2 heterocycles. The molecule has 0 aromatic rings. The summed E-state index contributed by atoms with van der Waals surface area (Å²) >= 11 is 0. The maximum atomic E-state index is 11.1. The first-order chi connectivity index (χ1) is 10.7. The third-order valence-electron chi connectivity index (χ3n) is 4.68. The van der Waals surface area contributed by atoms with E-state index in [2.05, 4.69) is 20.1 Å². The second-order valence-electron chi connectivity index (χ2n) is 6.50. The number of piperidine rings is 2. The van der Waals surface area contributed by atoms with Gasteiger partial charge in [-0.2, -0.15) is 0 Å². The fraction of sp³-hybridized carbons (Fsp3) is 0.875. The molecular formula is C16H31N5O. The second kappa shape index (κ2) is 8.98. The Kier molecular flexibility index (Phi) is 6.96. The van der Waals surface area contributed by atoms with Crippen molar-refractivity contribution >= 4 is 11.9 Å². The zero-order valence-corrected chi connectivity index (χ0v) is 13.9. The fourth-order valence-electron chi connectivity index (χ4n) is 3.55. The number of carbonyl (C=O) groups excluding carboxylic acids is 1. The van der Waals surface area contributed by atoms with Crippen molar-refractivity contribution in [2.24, 2.45) is 16.6 Å². The second-order valence-corrected chi connectivity index (χ2v) is 6.50. The maximum absolute atomic E-state index is 11.1. The first-order valence-electron chi connectivity index (χ1n) is 8.65. The van der Waals surface area contributed by atoms with Gasteiger partial charge in [0.1, 0.15) is 0 Å². The predicted molar refractivity (Wildman–Crippen MR) is 89.8 cm³/mol. The Hall–Kier alpha value is -1.30. The van der Waals surface area contributed by atoms with Crippen LogP contribution in [0.1, 0.15) is 38.5 Å². The van der Waals surface area contributed by atoms with Gasteiger partial charge in [-0.1, -0.05) is 6.42 Å². The molecule has 126 valence electrons. The smallest absolute Gasteiger partial charge is 0.217 e. The van der Waals surface area contributed by atoms with Crippen LogP contribution in [0.3, 0.4) is 0 Å². The number of amides is 1. The highest BCUT2D eigenvalue weighted by Gasteiger charge is 2.23. The molecule has 1 unspecified atom stereocenters. The molecule has 2 fully saturated rings. The molecule has 2 aliphatic heterocycles. The number of aliphatic imine (C=N–C) groups is 1. The number of rotatable bonds is 5. The Morgan fingerprint density at radius 1 is 1.23 bits per heavy atom. The van der Waals surface area contributed by atoms with Crippen LogP contribution in [0.4, 0.5) is 0 Å². The number of hydrogen-bond donors (Lipinski definition) is 2. The molecule has 1 atom stereocenters. The number of nitrogens with one attached hydrogen (secondary N) is 1. The van der Waals surface area contributed by atoms with E-state index in [1.54, 1.807) is 0 Å². The van der Waals surface area contributed by atoms with E-state index in [4.69, 9.17) is 5.73 Å². The number of likely N-dealkylation sites (tertiary alicyclic amines) is 2. The van der Waals surface area contributed by atoms with Gasteiger partial charge in [-0.05, 0) is 44.7 Å². The highest BCUT2D eigenvalue weighted by atomic mass is 16.1. The maximum Gasteiger partial charge on any atom is 0.217 e. The summed E-state index contributed by atoms with van der Waals surface area (Å²) in [6.45, 7) is 6.36. The Morgan fingerprint density at radius 2 is 2.00 bits per heavy atom. The van der Waals surface area contributed by atoms with E-state index in [1.165, 1.54) is 32.4 Å². The first-order valence-corrected chi connectivity index (χ1v) is 8.65. The lowest BCUT2D eigenvalue weighted by Gasteiger charge is -2.35. The summed E-state index contributed by atoms with van der Waals surface area (Å²) in [6, 6.07) is 0. The lowest BCUT2D eigenvalue weighted by atomic mass is 9.95. The van der Waals surface area contributed by atoms with Crippen molar-refractivity contribution in [1.29, 1.82) is 0 Å². The van der Waals surface area contributed by atoms with Crippen LogP contribution in [0.15, 0.2) is 4.99 Å². The zero-order valence-electron chi connectivity index (χ0n) is 13.9. The summed E-state index contributed by atoms with van der Waals surface area (Å²) in [5.41, 5.74) is 5.33. The van der Waals surface area contributed by atoms with E-state index in [1.807, 2.05) is 7.05 Å². The molecule has 2 rings (SSSR count). The van der Waals surface area contributed by atoms with Crippen LogP contribution in [0.2, 0.25) is 0 Å². The fourth-order valence-corrected chi connectivity index (χ4v) is 3.55. The van der Waals surface area contributed by atoms with Gasteiger partial charge in [-0.15, -0.1) is 0 Å². The van der Waals surface area contributed by atoms with Gasteiger partial charge < -0.3 is 20.9 Å². The highest BCUT2D eigenvalue weighted by Crippen LogP contribution is 2.19. The molecule has 0 aromatic heterocycles. The molecule has 6 nitrogen and oxygen atoms in total. The van der Waals surface area contributed by atoms with Gasteiger partial charge in [0.2, 0.25) is 5.91 Å². The monoisotopic (exact) mass is 309 g/mol.